The van der Waals surface area contributed by atoms with E-state index in [2.05, 4.69) is 5.16 Å². The number of furan rings is 1. The summed E-state index contributed by atoms with van der Waals surface area (Å²) in [5.41, 5.74) is 7.56. The average Bonchev–Trinajstić information content (AvgIpc) is 2.78. The Morgan fingerprint density at radius 3 is 2.50 bits per heavy atom. The van der Waals surface area contributed by atoms with Gasteiger partial charge < -0.3 is 15.4 Å². The normalized spacial score (nSPS) is 11.7. The number of nitrogens with zero attached hydrogens (tertiary/aromatic N) is 1. The van der Waals surface area contributed by atoms with Gasteiger partial charge in [-0.25, -0.2) is 0 Å². The fourth-order valence-corrected chi connectivity index (χ4v) is 1.40. The molecule has 0 bridgehead atoms. The monoisotopic (exact) mass is 216 g/mol. The van der Waals surface area contributed by atoms with Crippen LogP contribution in [0.2, 0.25) is 0 Å². The van der Waals surface area contributed by atoms with Crippen molar-refractivity contribution in [1.82, 2.24) is 0 Å². The van der Waals surface area contributed by atoms with E-state index in [1.165, 1.54) is 5.56 Å². The molecule has 1 heterocycles. The summed E-state index contributed by atoms with van der Waals surface area (Å²) < 4.78 is 5.45. The molecule has 0 aliphatic heterocycles. The van der Waals surface area contributed by atoms with Crippen LogP contribution in [-0.2, 0) is 0 Å². The SMILES string of the molecule is Cc1ccc(-c2ccc(C(N)=NO)o2)cc1. The van der Waals surface area contributed by atoms with Crippen molar-refractivity contribution in [1.29, 1.82) is 0 Å². The zero-order valence-corrected chi connectivity index (χ0v) is 8.84. The maximum absolute atomic E-state index is 8.51. The Morgan fingerprint density at radius 2 is 1.88 bits per heavy atom. The first-order valence-corrected chi connectivity index (χ1v) is 4.85. The van der Waals surface area contributed by atoms with Gasteiger partial charge in [-0.3, -0.25) is 0 Å². The second kappa shape index (κ2) is 4.10. The molecular weight excluding hydrogens is 204 g/mol. The van der Waals surface area contributed by atoms with Crippen LogP contribution < -0.4 is 5.73 Å². The van der Waals surface area contributed by atoms with Crippen molar-refractivity contribution in [2.24, 2.45) is 10.9 Å². The molecule has 0 radical (unpaired) electrons. The molecule has 0 saturated carbocycles. The van der Waals surface area contributed by atoms with Crippen LogP contribution in [0.5, 0.6) is 0 Å². The zero-order valence-electron chi connectivity index (χ0n) is 8.84. The van der Waals surface area contributed by atoms with Crippen LogP contribution in [-0.4, -0.2) is 11.0 Å². The number of hydrogen-bond donors (Lipinski definition) is 2. The quantitative estimate of drug-likeness (QED) is 0.350. The minimum Gasteiger partial charge on any atom is -0.453 e. The van der Waals surface area contributed by atoms with Crippen LogP contribution in [0, 0.1) is 6.92 Å². The highest BCUT2D eigenvalue weighted by Gasteiger charge is 2.07. The molecule has 2 aromatic rings. The molecule has 2 rings (SSSR count). The lowest BCUT2D eigenvalue weighted by Crippen LogP contribution is -2.11. The van der Waals surface area contributed by atoms with Gasteiger partial charge in [-0.15, -0.1) is 0 Å². The largest absolute Gasteiger partial charge is 0.453 e. The lowest BCUT2D eigenvalue weighted by molar-refractivity contribution is 0.317. The molecule has 0 aliphatic carbocycles. The maximum Gasteiger partial charge on any atom is 0.205 e. The third-order valence-electron chi connectivity index (χ3n) is 2.30. The van der Waals surface area contributed by atoms with E-state index in [1.54, 1.807) is 12.1 Å². The van der Waals surface area contributed by atoms with Crippen molar-refractivity contribution in [3.05, 3.63) is 47.7 Å². The Hall–Kier alpha value is -2.23. The zero-order chi connectivity index (χ0) is 11.5. The van der Waals surface area contributed by atoms with E-state index >= 15 is 0 Å². The van der Waals surface area contributed by atoms with E-state index in [-0.39, 0.29) is 5.84 Å². The predicted molar refractivity (Wildman–Crippen MR) is 61.4 cm³/mol. The van der Waals surface area contributed by atoms with E-state index in [4.69, 9.17) is 15.4 Å². The van der Waals surface area contributed by atoms with Gasteiger partial charge in [0.1, 0.15) is 5.76 Å². The first-order valence-electron chi connectivity index (χ1n) is 4.85. The molecule has 0 fully saturated rings. The van der Waals surface area contributed by atoms with E-state index in [1.807, 2.05) is 31.2 Å². The summed E-state index contributed by atoms with van der Waals surface area (Å²) in [4.78, 5) is 0. The molecule has 82 valence electrons. The molecule has 0 unspecified atom stereocenters. The van der Waals surface area contributed by atoms with Gasteiger partial charge in [0, 0.05) is 5.56 Å². The standard InChI is InChI=1S/C12H12N2O2/c1-8-2-4-9(5-3-8)10-6-7-11(16-10)12(13)14-15/h2-7,15H,1H3,(H2,13,14). The van der Waals surface area contributed by atoms with Crippen molar-refractivity contribution < 1.29 is 9.62 Å². The lowest BCUT2D eigenvalue weighted by Gasteiger charge is -1.97. The summed E-state index contributed by atoms with van der Waals surface area (Å²) >= 11 is 0. The number of amidine groups is 1. The van der Waals surface area contributed by atoms with Crippen LogP contribution in [0.25, 0.3) is 11.3 Å². The third-order valence-corrected chi connectivity index (χ3v) is 2.30. The first kappa shape index (κ1) is 10.3. The molecule has 0 aliphatic rings. The van der Waals surface area contributed by atoms with Gasteiger partial charge in [-0.05, 0) is 19.1 Å². The van der Waals surface area contributed by atoms with E-state index in [0.29, 0.717) is 11.5 Å². The van der Waals surface area contributed by atoms with Gasteiger partial charge in [0.05, 0.1) is 0 Å². The van der Waals surface area contributed by atoms with Gasteiger partial charge >= 0.3 is 0 Å². The van der Waals surface area contributed by atoms with Crippen LogP contribution in [0.15, 0.2) is 46.0 Å². The fraction of sp³-hybridized carbons (Fsp3) is 0.0833. The van der Waals surface area contributed by atoms with Crippen molar-refractivity contribution in [2.45, 2.75) is 6.92 Å². The predicted octanol–water partition coefficient (Wildman–Crippen LogP) is 2.35. The number of benzene rings is 1. The van der Waals surface area contributed by atoms with E-state index in [0.717, 1.165) is 5.56 Å². The summed E-state index contributed by atoms with van der Waals surface area (Å²) in [5, 5.41) is 11.4. The van der Waals surface area contributed by atoms with Crippen molar-refractivity contribution in [3.8, 4) is 11.3 Å². The minimum absolute atomic E-state index is 0.0293. The number of oxime groups is 1. The van der Waals surface area contributed by atoms with Crippen LogP contribution in [0.4, 0.5) is 0 Å². The molecule has 16 heavy (non-hydrogen) atoms. The molecule has 0 spiro atoms. The highest BCUT2D eigenvalue weighted by Crippen LogP contribution is 2.22. The van der Waals surface area contributed by atoms with E-state index < -0.39 is 0 Å². The van der Waals surface area contributed by atoms with Crippen molar-refractivity contribution in [3.63, 3.8) is 0 Å². The average molecular weight is 216 g/mol. The van der Waals surface area contributed by atoms with Gasteiger partial charge in [0.25, 0.3) is 0 Å². The highest BCUT2D eigenvalue weighted by molar-refractivity contribution is 5.94. The Bertz CT molecular complexity index is 512. The molecular formula is C12H12N2O2. The second-order valence-electron chi connectivity index (χ2n) is 3.52. The first-order chi connectivity index (χ1) is 7.70. The molecule has 3 N–H and O–H groups in total. The summed E-state index contributed by atoms with van der Waals surface area (Å²) in [5.74, 6) is 1.03. The summed E-state index contributed by atoms with van der Waals surface area (Å²) in [6, 6.07) is 11.4. The maximum atomic E-state index is 8.51. The molecule has 0 amide bonds. The molecule has 4 heteroatoms. The Balaban J connectivity index is 2.35. The summed E-state index contributed by atoms with van der Waals surface area (Å²) in [6.07, 6.45) is 0. The van der Waals surface area contributed by atoms with Crippen molar-refractivity contribution >= 4 is 5.84 Å². The van der Waals surface area contributed by atoms with Gasteiger partial charge in [0.2, 0.25) is 5.84 Å². The molecule has 1 aromatic heterocycles. The number of aryl methyl sites for hydroxylation is 1. The lowest BCUT2D eigenvalue weighted by atomic mass is 10.1. The minimum atomic E-state index is -0.0293. The van der Waals surface area contributed by atoms with Gasteiger partial charge in [0.15, 0.2) is 5.76 Å². The van der Waals surface area contributed by atoms with Crippen LogP contribution >= 0.6 is 0 Å². The highest BCUT2D eigenvalue weighted by atomic mass is 16.4. The smallest absolute Gasteiger partial charge is 0.205 e. The number of nitrogens with two attached hydrogens (primary N) is 1. The molecule has 1 aromatic carbocycles. The van der Waals surface area contributed by atoms with E-state index in [9.17, 15) is 0 Å². The Kier molecular flexibility index (Phi) is 2.64. The third kappa shape index (κ3) is 1.91. The van der Waals surface area contributed by atoms with Crippen molar-refractivity contribution in [2.75, 3.05) is 0 Å². The fourth-order valence-electron chi connectivity index (χ4n) is 1.40. The number of hydrogen-bond acceptors (Lipinski definition) is 3. The Morgan fingerprint density at radius 1 is 1.19 bits per heavy atom. The molecule has 4 nitrogen and oxygen atoms in total. The second-order valence-corrected chi connectivity index (χ2v) is 3.52. The molecule has 0 saturated heterocycles. The number of rotatable bonds is 2. The Labute approximate surface area is 93.0 Å². The van der Waals surface area contributed by atoms with Gasteiger partial charge in [-0.1, -0.05) is 35.0 Å². The molecule has 0 atom stereocenters. The summed E-state index contributed by atoms with van der Waals surface area (Å²) in [7, 11) is 0. The summed E-state index contributed by atoms with van der Waals surface area (Å²) in [6.45, 7) is 2.02. The van der Waals surface area contributed by atoms with Crippen LogP contribution in [0.3, 0.4) is 0 Å². The van der Waals surface area contributed by atoms with Gasteiger partial charge in [-0.2, -0.15) is 0 Å². The van der Waals surface area contributed by atoms with Crippen LogP contribution in [0.1, 0.15) is 11.3 Å². The topological polar surface area (TPSA) is 71.8 Å².